The summed E-state index contributed by atoms with van der Waals surface area (Å²) in [5.74, 6) is -6.88. The summed E-state index contributed by atoms with van der Waals surface area (Å²) in [5, 5.41) is 2.66. The van der Waals surface area contributed by atoms with Crippen molar-refractivity contribution in [2.45, 2.75) is 69.4 Å². The van der Waals surface area contributed by atoms with Crippen LogP contribution in [0.4, 0.5) is 28.9 Å². The molecule has 10 rings (SSSR count). The van der Waals surface area contributed by atoms with Gasteiger partial charge in [0.2, 0.25) is 17.6 Å². The molecular weight excluding hydrogens is 893 g/mol. The van der Waals surface area contributed by atoms with Gasteiger partial charge in [-0.25, -0.2) is 22.5 Å². The second kappa shape index (κ2) is 17.5. The van der Waals surface area contributed by atoms with Crippen molar-refractivity contribution in [1.82, 2.24) is 29.4 Å². The average molecular weight is 941 g/mol. The van der Waals surface area contributed by atoms with Crippen molar-refractivity contribution in [2.24, 2.45) is 5.92 Å². The van der Waals surface area contributed by atoms with Gasteiger partial charge in [0.05, 0.1) is 17.8 Å². The Morgan fingerprint density at radius 2 is 1.64 bits per heavy atom. The summed E-state index contributed by atoms with van der Waals surface area (Å²) in [7, 11) is -4.63. The molecule has 350 valence electrons. The lowest BCUT2D eigenvalue weighted by molar-refractivity contribution is -0.136. The van der Waals surface area contributed by atoms with Crippen LogP contribution in [0.15, 0.2) is 73.1 Å². The number of aromatic nitrogens is 2. The first-order chi connectivity index (χ1) is 32.1. The normalized spacial score (nSPS) is 21.0. The number of rotatable bonds is 11. The second-order valence-electron chi connectivity index (χ2n) is 18.4. The predicted octanol–water partition coefficient (Wildman–Crippen LogP) is 6.59. The Labute approximate surface area is 383 Å². The number of likely N-dealkylation sites (tertiary alicyclic amines) is 1. The van der Waals surface area contributed by atoms with E-state index in [9.17, 15) is 36.4 Å². The van der Waals surface area contributed by atoms with Gasteiger partial charge in [-0.15, -0.1) is 0 Å². The molecule has 1 atom stereocenters. The maximum atomic E-state index is 15.8. The highest BCUT2D eigenvalue weighted by molar-refractivity contribution is 7.90. The van der Waals surface area contributed by atoms with Crippen LogP contribution in [0, 0.1) is 17.6 Å². The highest BCUT2D eigenvalue weighted by atomic mass is 32.2. The number of hydrogen-bond acceptors (Lipinski definition) is 9. The monoisotopic (exact) mass is 940 g/mol. The minimum Gasteiger partial charge on any atom is -0.372 e. The number of amides is 3. The maximum Gasteiger partial charge on any atom is 0.301 e. The van der Waals surface area contributed by atoms with E-state index in [1.807, 2.05) is 35.1 Å². The van der Waals surface area contributed by atoms with Gasteiger partial charge in [0.1, 0.15) is 17.5 Å². The quantitative estimate of drug-likeness (QED) is 0.0752. The minimum atomic E-state index is -4.63. The van der Waals surface area contributed by atoms with Crippen molar-refractivity contribution < 1.29 is 45.2 Å². The number of piperidine rings is 3. The number of nitrogens with zero attached hydrogens (tertiary/aromatic N) is 5. The van der Waals surface area contributed by atoms with Crippen LogP contribution in [0.5, 0.6) is 0 Å². The number of fused-ring (bicyclic) bond motifs is 2. The van der Waals surface area contributed by atoms with Gasteiger partial charge in [-0.2, -0.15) is 12.7 Å². The maximum absolute atomic E-state index is 15.8. The number of benzene rings is 3. The fourth-order valence-corrected chi connectivity index (χ4v) is 11.6. The number of aromatic amines is 1. The third-order valence-electron chi connectivity index (χ3n) is 14.1. The molecule has 19 heteroatoms. The Hall–Kier alpha value is -6.18. The summed E-state index contributed by atoms with van der Waals surface area (Å²) in [5.41, 5.74) is 3.79. The molecule has 5 aliphatic heterocycles. The molecule has 3 N–H and O–H groups in total. The van der Waals surface area contributed by atoms with Gasteiger partial charge in [-0.1, -0.05) is 24.3 Å². The Bertz CT molecular complexity index is 2920. The molecule has 5 aliphatic rings. The zero-order chi connectivity index (χ0) is 46.8. The van der Waals surface area contributed by atoms with Gasteiger partial charge in [-0.3, -0.25) is 29.2 Å². The predicted molar refractivity (Wildman–Crippen MR) is 241 cm³/mol. The van der Waals surface area contributed by atoms with E-state index in [1.165, 1.54) is 11.8 Å². The highest BCUT2D eigenvalue weighted by Crippen LogP contribution is 2.36. The van der Waals surface area contributed by atoms with Crippen molar-refractivity contribution in [1.29, 1.82) is 0 Å². The zero-order valence-electron chi connectivity index (χ0n) is 36.4. The molecule has 4 saturated heterocycles. The van der Waals surface area contributed by atoms with Gasteiger partial charge < -0.3 is 19.7 Å². The van der Waals surface area contributed by atoms with Gasteiger partial charge in [0.25, 0.3) is 11.8 Å². The molecule has 0 unspecified atom stereocenters. The number of H-pyrrole nitrogens is 1. The topological polar surface area (TPSA) is 168 Å². The van der Waals surface area contributed by atoms with E-state index in [0.717, 1.165) is 87.4 Å². The molecule has 7 heterocycles. The number of carbonyl (C=O) groups is 4. The number of ketones is 1. The van der Waals surface area contributed by atoms with E-state index in [2.05, 4.69) is 37.2 Å². The van der Waals surface area contributed by atoms with E-state index in [-0.39, 0.29) is 23.8 Å². The van der Waals surface area contributed by atoms with Gasteiger partial charge in [-0.05, 0) is 110 Å². The van der Waals surface area contributed by atoms with Gasteiger partial charge in [0.15, 0.2) is 5.82 Å². The average Bonchev–Trinajstić information content (AvgIpc) is 4.02. The Morgan fingerprint density at radius 3 is 2.36 bits per heavy atom. The van der Waals surface area contributed by atoms with E-state index in [1.54, 1.807) is 17.2 Å². The third-order valence-corrected chi connectivity index (χ3v) is 15.6. The lowest BCUT2D eigenvalue weighted by atomic mass is 9.87. The first-order valence-electron chi connectivity index (χ1n) is 22.6. The van der Waals surface area contributed by atoms with Gasteiger partial charge in [0, 0.05) is 85.7 Å². The molecule has 0 bridgehead atoms. The second-order valence-corrected chi connectivity index (χ2v) is 20.0. The molecule has 67 heavy (non-hydrogen) atoms. The van der Waals surface area contributed by atoms with E-state index >= 15 is 8.78 Å². The number of anilines is 2. The van der Waals surface area contributed by atoms with Crippen molar-refractivity contribution in [2.75, 3.05) is 55.4 Å². The summed E-state index contributed by atoms with van der Waals surface area (Å²) in [6, 6.07) is 16.7. The molecule has 0 aliphatic carbocycles. The Kier molecular flexibility index (Phi) is 11.6. The first-order valence-corrected chi connectivity index (χ1v) is 24.1. The fourth-order valence-electron chi connectivity index (χ4n) is 10.3. The third kappa shape index (κ3) is 8.79. The SMILES string of the molecule is O=C1CC[C@@H](N2Cc3cc(C4CCN(CC5CCN(c6ccc(-c7cnc8[nH]cc(C(=O)c9c(F)ccc(NS(=O)(=O)N%10CCC(F)(F)C%10)c9F)c8c7)cc6)CC5)CC4)ccc3C2=O)C(=O)N1. The summed E-state index contributed by atoms with van der Waals surface area (Å²) in [4.78, 5) is 64.9. The number of halogens is 4. The van der Waals surface area contributed by atoms with Crippen molar-refractivity contribution in [3.63, 3.8) is 0 Å². The number of nitrogens with one attached hydrogen (secondary N) is 3. The van der Waals surface area contributed by atoms with Crippen LogP contribution >= 0.6 is 0 Å². The molecule has 5 aromatic rings. The van der Waals surface area contributed by atoms with Crippen LogP contribution in [0.3, 0.4) is 0 Å². The number of imide groups is 1. The van der Waals surface area contributed by atoms with Crippen molar-refractivity contribution in [3.05, 3.63) is 113 Å². The lowest BCUT2D eigenvalue weighted by Gasteiger charge is -2.38. The standard InChI is InChI=1S/C48H48F4N8O6S/c49-38-7-8-39(56-67(65,66)59-20-15-48(51,52)27-59)43(50)42(38)44(62)37-24-54-45-36(37)22-32(23-53-45)29-1-4-34(5-2-29)58-18-11-28(12-19-58)25-57-16-13-30(14-17-57)31-3-6-35-33(21-31)26-60(47(35)64)40-9-10-41(61)55-46(40)63/h1-8,21-24,28,30,40,56H,9-20,25-27H2,(H,53,54)(H,55,61,63)/t40-/m1/s1. The first kappa shape index (κ1) is 44.6. The molecule has 0 spiro atoms. The summed E-state index contributed by atoms with van der Waals surface area (Å²) in [6.07, 6.45) is 6.96. The Balaban J connectivity index is 0.730. The highest BCUT2D eigenvalue weighted by Gasteiger charge is 2.44. The molecule has 4 fully saturated rings. The van der Waals surface area contributed by atoms with Crippen LogP contribution in [-0.2, 0) is 26.3 Å². The fraction of sp³-hybridized carbons (Fsp3) is 0.396. The van der Waals surface area contributed by atoms with E-state index in [4.69, 9.17) is 0 Å². The van der Waals surface area contributed by atoms with Crippen LogP contribution < -0.4 is 14.9 Å². The zero-order valence-corrected chi connectivity index (χ0v) is 37.2. The lowest BCUT2D eigenvalue weighted by Crippen LogP contribution is -2.52. The summed E-state index contributed by atoms with van der Waals surface area (Å²) < 4.78 is 86.3. The molecular formula is C48H48F4N8O6S. The van der Waals surface area contributed by atoms with Crippen LogP contribution in [0.2, 0.25) is 0 Å². The van der Waals surface area contributed by atoms with E-state index < -0.39 is 76.3 Å². The Morgan fingerprint density at radius 1 is 0.881 bits per heavy atom. The van der Waals surface area contributed by atoms with Gasteiger partial charge >= 0.3 is 10.2 Å². The summed E-state index contributed by atoms with van der Waals surface area (Å²) in [6.45, 7) is 3.68. The smallest absolute Gasteiger partial charge is 0.301 e. The molecule has 0 saturated carbocycles. The molecule has 3 amide bonds. The number of carbonyl (C=O) groups excluding carboxylic acids is 4. The minimum absolute atomic E-state index is 0.0929. The number of alkyl halides is 2. The van der Waals surface area contributed by atoms with E-state index in [0.29, 0.717) is 51.3 Å². The van der Waals surface area contributed by atoms with Crippen LogP contribution in [-0.4, -0.2) is 114 Å². The largest absolute Gasteiger partial charge is 0.372 e. The molecule has 14 nitrogen and oxygen atoms in total. The molecule has 3 aromatic carbocycles. The van der Waals surface area contributed by atoms with Crippen LogP contribution in [0.25, 0.3) is 22.2 Å². The number of pyridine rings is 1. The van der Waals surface area contributed by atoms with Crippen molar-refractivity contribution in [3.8, 4) is 11.1 Å². The number of hydrogen-bond donors (Lipinski definition) is 3. The summed E-state index contributed by atoms with van der Waals surface area (Å²) >= 11 is 0. The molecule has 0 radical (unpaired) electrons. The van der Waals surface area contributed by atoms with Crippen molar-refractivity contribution >= 4 is 56.1 Å². The van der Waals surface area contributed by atoms with Crippen LogP contribution in [0.1, 0.15) is 88.3 Å². The molecule has 2 aromatic heterocycles.